The van der Waals surface area contributed by atoms with Crippen LogP contribution in [0.5, 0.6) is 0 Å². The molecule has 2 aliphatic rings. The van der Waals surface area contributed by atoms with E-state index in [1.807, 2.05) is 18.2 Å². The van der Waals surface area contributed by atoms with Gasteiger partial charge in [0, 0.05) is 29.6 Å². The van der Waals surface area contributed by atoms with Crippen molar-refractivity contribution in [1.29, 1.82) is 0 Å². The minimum atomic E-state index is -0.383. The summed E-state index contributed by atoms with van der Waals surface area (Å²) in [6.45, 7) is 3.35. The maximum absolute atomic E-state index is 12.2. The van der Waals surface area contributed by atoms with Crippen LogP contribution in [0.1, 0.15) is 34.3 Å². The zero-order valence-corrected chi connectivity index (χ0v) is 14.5. The van der Waals surface area contributed by atoms with E-state index in [9.17, 15) is 9.59 Å². The topological polar surface area (TPSA) is 61.4 Å². The summed E-state index contributed by atoms with van der Waals surface area (Å²) in [6.07, 6.45) is 4.24. The molecule has 2 aromatic carbocycles. The van der Waals surface area contributed by atoms with Crippen LogP contribution in [0.15, 0.2) is 54.7 Å². The van der Waals surface area contributed by atoms with Crippen LogP contribution in [0, 0.1) is 0 Å². The summed E-state index contributed by atoms with van der Waals surface area (Å²) >= 11 is 0. The fourth-order valence-electron chi connectivity index (χ4n) is 3.48. The van der Waals surface area contributed by atoms with E-state index in [1.165, 1.54) is 31.5 Å². The molecule has 2 aliphatic heterocycles. The molecular formula is C21H21N3O2. The molecule has 2 N–H and O–H groups in total. The third kappa shape index (κ3) is 3.39. The van der Waals surface area contributed by atoms with E-state index in [4.69, 9.17) is 0 Å². The molecule has 0 unspecified atom stereocenters. The van der Waals surface area contributed by atoms with Crippen LogP contribution in [0.4, 0.5) is 5.69 Å². The minimum Gasteiger partial charge on any atom is -0.361 e. The van der Waals surface area contributed by atoms with E-state index in [0.29, 0.717) is 16.7 Å². The highest BCUT2D eigenvalue weighted by atomic mass is 16.2. The number of benzene rings is 2. The lowest BCUT2D eigenvalue weighted by Crippen LogP contribution is -2.36. The highest BCUT2D eigenvalue weighted by molar-refractivity contribution is 6.31. The van der Waals surface area contributed by atoms with Gasteiger partial charge in [0.2, 0.25) is 0 Å². The smallest absolute Gasteiger partial charge is 0.260 e. The van der Waals surface area contributed by atoms with Crippen LogP contribution in [0.25, 0.3) is 5.57 Å². The molecule has 0 spiro atoms. The lowest BCUT2D eigenvalue weighted by atomic mass is 9.96. The van der Waals surface area contributed by atoms with E-state index >= 15 is 0 Å². The number of nitrogens with one attached hydrogen (secondary N) is 2. The monoisotopic (exact) mass is 347 g/mol. The van der Waals surface area contributed by atoms with Crippen molar-refractivity contribution in [3.8, 4) is 0 Å². The number of carbonyl (C=O) groups excluding carboxylic acids is 2. The third-order valence-electron chi connectivity index (χ3n) is 4.88. The number of fused-ring (bicyclic) bond motifs is 1. The Morgan fingerprint density at radius 3 is 2.35 bits per heavy atom. The lowest BCUT2D eigenvalue weighted by Gasteiger charge is -2.18. The number of carbonyl (C=O) groups is 2. The van der Waals surface area contributed by atoms with Gasteiger partial charge in [-0.3, -0.25) is 19.8 Å². The Labute approximate surface area is 152 Å². The number of anilines is 1. The predicted molar refractivity (Wildman–Crippen MR) is 101 cm³/mol. The molecule has 5 heteroatoms. The second kappa shape index (κ2) is 7.14. The molecule has 2 heterocycles. The zero-order valence-electron chi connectivity index (χ0n) is 14.5. The first-order valence-electron chi connectivity index (χ1n) is 8.94. The van der Waals surface area contributed by atoms with E-state index in [1.54, 1.807) is 24.4 Å². The Balaban J connectivity index is 1.49. The highest BCUT2D eigenvalue weighted by Gasteiger charge is 2.26. The molecule has 26 heavy (non-hydrogen) atoms. The fraction of sp³-hybridized carbons (Fsp3) is 0.238. The average molecular weight is 347 g/mol. The Hall–Kier alpha value is -2.92. The van der Waals surface area contributed by atoms with Crippen LogP contribution >= 0.6 is 0 Å². The number of nitrogens with zero attached hydrogens (tertiary/aromatic N) is 1. The number of imide groups is 1. The number of hydrogen-bond acceptors (Lipinski definition) is 4. The summed E-state index contributed by atoms with van der Waals surface area (Å²) in [5.74, 6) is -0.735. The maximum atomic E-state index is 12.2. The lowest BCUT2D eigenvalue weighted by molar-refractivity contribution is -0.114. The molecule has 0 saturated carbocycles. The predicted octanol–water partition coefficient (Wildman–Crippen LogP) is 3.01. The first-order chi connectivity index (χ1) is 12.7. The minimum absolute atomic E-state index is 0.353. The summed E-state index contributed by atoms with van der Waals surface area (Å²) in [7, 11) is 0. The largest absolute Gasteiger partial charge is 0.361 e. The van der Waals surface area contributed by atoms with Crippen molar-refractivity contribution in [2.24, 2.45) is 0 Å². The van der Waals surface area contributed by atoms with Crippen molar-refractivity contribution in [3.63, 3.8) is 0 Å². The molecule has 0 radical (unpaired) electrons. The average Bonchev–Trinajstić information content (AvgIpc) is 3.16. The standard InChI is InChI=1S/C21H21N3O2/c25-20-18-6-2-1-5-17(18)19(21(26)23-20)13-22-16-9-7-15(8-10-16)14-24-11-3-4-12-24/h1-2,5-10,13,22H,3-4,11-12,14H2,(H,23,25,26)/b19-13+. The van der Waals surface area contributed by atoms with Gasteiger partial charge in [-0.25, -0.2) is 0 Å². The van der Waals surface area contributed by atoms with E-state index in [-0.39, 0.29) is 11.8 Å². The second-order valence-electron chi connectivity index (χ2n) is 6.71. The van der Waals surface area contributed by atoms with E-state index < -0.39 is 0 Å². The Bertz CT molecular complexity index is 865. The molecule has 4 rings (SSSR count). The normalized spacial score (nSPS) is 18.7. The van der Waals surface area contributed by atoms with Gasteiger partial charge in [0.05, 0.1) is 5.57 Å². The van der Waals surface area contributed by atoms with Gasteiger partial charge in [-0.1, -0.05) is 30.3 Å². The summed E-state index contributed by atoms with van der Waals surface area (Å²) in [4.78, 5) is 26.6. The summed E-state index contributed by atoms with van der Waals surface area (Å²) in [5.41, 5.74) is 3.82. The number of hydrogen-bond donors (Lipinski definition) is 2. The van der Waals surface area contributed by atoms with Crippen molar-refractivity contribution in [2.75, 3.05) is 18.4 Å². The molecule has 0 atom stereocenters. The summed E-state index contributed by atoms with van der Waals surface area (Å²) in [6, 6.07) is 15.4. The van der Waals surface area contributed by atoms with Gasteiger partial charge in [0.25, 0.3) is 11.8 Å². The molecule has 2 aromatic rings. The first-order valence-corrected chi connectivity index (χ1v) is 8.94. The van der Waals surface area contributed by atoms with Gasteiger partial charge >= 0.3 is 0 Å². The zero-order chi connectivity index (χ0) is 17.9. The van der Waals surface area contributed by atoms with Crippen molar-refractivity contribution in [2.45, 2.75) is 19.4 Å². The molecule has 1 fully saturated rings. The highest BCUT2D eigenvalue weighted by Crippen LogP contribution is 2.24. The Morgan fingerprint density at radius 2 is 1.62 bits per heavy atom. The number of likely N-dealkylation sites (tertiary alicyclic amines) is 1. The van der Waals surface area contributed by atoms with Crippen molar-refractivity contribution >= 4 is 23.1 Å². The Kier molecular flexibility index (Phi) is 4.54. The van der Waals surface area contributed by atoms with E-state index in [0.717, 1.165) is 12.2 Å². The van der Waals surface area contributed by atoms with Crippen molar-refractivity contribution in [3.05, 3.63) is 71.4 Å². The SMILES string of the molecule is O=C1NC(=O)c2ccccc2/C1=C\Nc1ccc(CN2CCCC2)cc1. The molecule has 0 bridgehead atoms. The molecule has 1 saturated heterocycles. The summed E-state index contributed by atoms with van der Waals surface area (Å²) in [5, 5.41) is 5.55. The quantitative estimate of drug-likeness (QED) is 0.659. The van der Waals surface area contributed by atoms with Gasteiger partial charge < -0.3 is 5.32 Å². The third-order valence-corrected chi connectivity index (χ3v) is 4.88. The number of rotatable bonds is 4. The molecular weight excluding hydrogens is 326 g/mol. The Morgan fingerprint density at radius 1 is 0.923 bits per heavy atom. The van der Waals surface area contributed by atoms with Crippen LogP contribution in [-0.2, 0) is 11.3 Å². The maximum Gasteiger partial charge on any atom is 0.260 e. The van der Waals surface area contributed by atoms with Crippen LogP contribution in [0.3, 0.4) is 0 Å². The molecule has 0 aromatic heterocycles. The number of amides is 2. The van der Waals surface area contributed by atoms with Gasteiger partial charge in [-0.05, 0) is 49.7 Å². The van der Waals surface area contributed by atoms with Gasteiger partial charge in [-0.2, -0.15) is 0 Å². The van der Waals surface area contributed by atoms with Crippen molar-refractivity contribution in [1.82, 2.24) is 10.2 Å². The molecule has 0 aliphatic carbocycles. The molecule has 132 valence electrons. The molecule has 2 amide bonds. The second-order valence-corrected chi connectivity index (χ2v) is 6.71. The van der Waals surface area contributed by atoms with Gasteiger partial charge in [0.1, 0.15) is 0 Å². The first kappa shape index (κ1) is 16.5. The van der Waals surface area contributed by atoms with Gasteiger partial charge in [-0.15, -0.1) is 0 Å². The van der Waals surface area contributed by atoms with Crippen LogP contribution < -0.4 is 10.6 Å². The molecule has 5 nitrogen and oxygen atoms in total. The van der Waals surface area contributed by atoms with Crippen molar-refractivity contribution < 1.29 is 9.59 Å². The fourth-order valence-corrected chi connectivity index (χ4v) is 3.48. The van der Waals surface area contributed by atoms with E-state index in [2.05, 4.69) is 27.7 Å². The van der Waals surface area contributed by atoms with Crippen LogP contribution in [0.2, 0.25) is 0 Å². The van der Waals surface area contributed by atoms with Gasteiger partial charge in [0.15, 0.2) is 0 Å². The van der Waals surface area contributed by atoms with Crippen LogP contribution in [-0.4, -0.2) is 29.8 Å². The summed E-state index contributed by atoms with van der Waals surface area (Å²) < 4.78 is 0.